The van der Waals surface area contributed by atoms with Crippen molar-refractivity contribution >= 4 is 17.8 Å². The van der Waals surface area contributed by atoms with Crippen LogP contribution >= 0.6 is 0 Å². The number of rotatable bonds is 5. The smallest absolute Gasteiger partial charge is 0.410 e. The molecule has 0 spiro atoms. The second kappa shape index (κ2) is 10.0. The van der Waals surface area contributed by atoms with Crippen LogP contribution in [0.1, 0.15) is 36.5 Å². The standard InChI is InChI=1S/C23H27NO8/c1-2-29-22(26)15-3-5-16(6-4-15)31-20-14-30-19-13-17(7-8-18(19)21(20)25)32-23(27)24-9-11-28-12-10-24/h3-6,14,17-19H,2,7-13H2,1H3. The van der Waals surface area contributed by atoms with Crippen LogP contribution < -0.4 is 4.74 Å². The van der Waals surface area contributed by atoms with Crippen molar-refractivity contribution in [1.29, 1.82) is 0 Å². The second-order valence-corrected chi connectivity index (χ2v) is 7.89. The molecule has 32 heavy (non-hydrogen) atoms. The Morgan fingerprint density at radius 3 is 2.59 bits per heavy atom. The monoisotopic (exact) mass is 445 g/mol. The quantitative estimate of drug-likeness (QED) is 0.638. The van der Waals surface area contributed by atoms with Crippen molar-refractivity contribution in [2.45, 2.75) is 38.4 Å². The van der Waals surface area contributed by atoms with Gasteiger partial charge in [-0.25, -0.2) is 9.59 Å². The van der Waals surface area contributed by atoms with Gasteiger partial charge in [-0.3, -0.25) is 4.79 Å². The first-order chi connectivity index (χ1) is 15.5. The maximum absolute atomic E-state index is 12.9. The normalized spacial score (nSPS) is 25.2. The Kier molecular flexibility index (Phi) is 6.94. The Labute approximate surface area is 186 Å². The molecule has 172 valence electrons. The van der Waals surface area contributed by atoms with Crippen LogP contribution in [0.3, 0.4) is 0 Å². The van der Waals surface area contributed by atoms with Crippen molar-refractivity contribution in [1.82, 2.24) is 4.90 Å². The summed E-state index contributed by atoms with van der Waals surface area (Å²) in [5.74, 6) is -0.336. The lowest BCUT2D eigenvalue weighted by Crippen LogP contribution is -2.46. The average molecular weight is 445 g/mol. The van der Waals surface area contributed by atoms with Crippen LogP contribution in [0.15, 0.2) is 36.3 Å². The fourth-order valence-electron chi connectivity index (χ4n) is 4.08. The molecule has 0 radical (unpaired) electrons. The summed E-state index contributed by atoms with van der Waals surface area (Å²) < 4.78 is 27.3. The van der Waals surface area contributed by atoms with Crippen LogP contribution in [-0.4, -0.2) is 67.9 Å². The number of carbonyl (C=O) groups excluding carboxylic acids is 3. The molecule has 1 aliphatic carbocycles. The van der Waals surface area contributed by atoms with Crippen molar-refractivity contribution in [3.05, 3.63) is 41.9 Å². The summed E-state index contributed by atoms with van der Waals surface area (Å²) in [5.41, 5.74) is 0.407. The van der Waals surface area contributed by atoms with E-state index in [4.69, 9.17) is 23.7 Å². The van der Waals surface area contributed by atoms with E-state index >= 15 is 0 Å². The van der Waals surface area contributed by atoms with Gasteiger partial charge in [0.1, 0.15) is 24.2 Å². The van der Waals surface area contributed by atoms with E-state index in [0.29, 0.717) is 63.5 Å². The lowest BCUT2D eigenvalue weighted by Gasteiger charge is -2.37. The van der Waals surface area contributed by atoms with Gasteiger partial charge in [0.15, 0.2) is 0 Å². The number of nitrogens with zero attached hydrogens (tertiary/aromatic N) is 1. The van der Waals surface area contributed by atoms with Gasteiger partial charge >= 0.3 is 12.1 Å². The zero-order chi connectivity index (χ0) is 22.5. The van der Waals surface area contributed by atoms with E-state index in [1.165, 1.54) is 6.26 Å². The van der Waals surface area contributed by atoms with Crippen LogP contribution in [0.5, 0.6) is 5.75 Å². The third kappa shape index (κ3) is 5.04. The molecule has 9 heteroatoms. The van der Waals surface area contributed by atoms with Gasteiger partial charge in [-0.15, -0.1) is 0 Å². The third-order valence-corrected chi connectivity index (χ3v) is 5.80. The molecule has 1 saturated heterocycles. The van der Waals surface area contributed by atoms with Crippen LogP contribution in [0.2, 0.25) is 0 Å². The summed E-state index contributed by atoms with van der Waals surface area (Å²) >= 11 is 0. The Morgan fingerprint density at radius 1 is 1.12 bits per heavy atom. The lowest BCUT2D eigenvalue weighted by molar-refractivity contribution is -0.132. The molecule has 1 amide bonds. The summed E-state index contributed by atoms with van der Waals surface area (Å²) in [6.07, 6.45) is 1.95. The van der Waals surface area contributed by atoms with Gasteiger partial charge in [-0.2, -0.15) is 0 Å². The first-order valence-electron chi connectivity index (χ1n) is 10.9. The Morgan fingerprint density at radius 2 is 1.88 bits per heavy atom. The number of fused-ring (bicyclic) bond motifs is 1. The van der Waals surface area contributed by atoms with Gasteiger partial charge in [-0.05, 0) is 44.0 Å². The minimum Gasteiger partial charge on any atom is -0.493 e. The molecule has 2 heterocycles. The number of carbonyl (C=O) groups is 3. The van der Waals surface area contributed by atoms with E-state index in [-0.39, 0.29) is 35.8 Å². The van der Waals surface area contributed by atoms with Crippen molar-refractivity contribution < 1.29 is 38.1 Å². The van der Waals surface area contributed by atoms with Crippen molar-refractivity contribution in [3.63, 3.8) is 0 Å². The highest BCUT2D eigenvalue weighted by atomic mass is 16.6. The van der Waals surface area contributed by atoms with E-state index < -0.39 is 5.97 Å². The molecular weight excluding hydrogens is 418 g/mol. The fraction of sp³-hybridized carbons (Fsp3) is 0.522. The lowest BCUT2D eigenvalue weighted by atomic mass is 9.80. The molecular formula is C23H27NO8. The zero-order valence-corrected chi connectivity index (χ0v) is 18.0. The topological polar surface area (TPSA) is 101 Å². The van der Waals surface area contributed by atoms with Crippen molar-refractivity contribution in [2.75, 3.05) is 32.9 Å². The number of Topliss-reactive ketones (excluding diaryl/α,β-unsaturated/α-hetero) is 1. The molecule has 1 saturated carbocycles. The number of esters is 1. The van der Waals surface area contributed by atoms with E-state index in [9.17, 15) is 14.4 Å². The molecule has 0 bridgehead atoms. The number of morpholine rings is 1. The molecule has 3 unspecified atom stereocenters. The summed E-state index contributed by atoms with van der Waals surface area (Å²) in [6.45, 7) is 4.12. The number of amides is 1. The van der Waals surface area contributed by atoms with E-state index in [2.05, 4.69) is 0 Å². The summed E-state index contributed by atoms with van der Waals surface area (Å²) in [4.78, 5) is 38.6. The van der Waals surface area contributed by atoms with Crippen molar-refractivity contribution in [3.8, 4) is 5.75 Å². The van der Waals surface area contributed by atoms with E-state index in [1.54, 1.807) is 36.1 Å². The molecule has 3 aliphatic rings. The first-order valence-corrected chi connectivity index (χ1v) is 10.9. The number of hydrogen-bond donors (Lipinski definition) is 0. The van der Waals surface area contributed by atoms with Crippen LogP contribution in [0.4, 0.5) is 4.79 Å². The van der Waals surface area contributed by atoms with Gasteiger partial charge < -0.3 is 28.6 Å². The van der Waals surface area contributed by atoms with E-state index in [0.717, 1.165) is 0 Å². The summed E-state index contributed by atoms with van der Waals surface area (Å²) in [7, 11) is 0. The molecule has 1 aromatic rings. The molecule has 4 rings (SSSR count). The fourth-order valence-corrected chi connectivity index (χ4v) is 4.08. The second-order valence-electron chi connectivity index (χ2n) is 7.89. The van der Waals surface area contributed by atoms with Gasteiger partial charge in [0.25, 0.3) is 0 Å². The maximum atomic E-state index is 12.9. The zero-order valence-electron chi connectivity index (χ0n) is 18.0. The maximum Gasteiger partial charge on any atom is 0.410 e. The highest BCUT2D eigenvalue weighted by Crippen LogP contribution is 2.35. The molecule has 3 atom stereocenters. The molecule has 0 N–H and O–H groups in total. The molecule has 9 nitrogen and oxygen atoms in total. The van der Waals surface area contributed by atoms with E-state index in [1.807, 2.05) is 0 Å². The molecule has 2 fully saturated rings. The highest BCUT2D eigenvalue weighted by Gasteiger charge is 2.42. The molecule has 1 aromatic carbocycles. The van der Waals surface area contributed by atoms with Gasteiger partial charge in [-0.1, -0.05) is 0 Å². The largest absolute Gasteiger partial charge is 0.493 e. The van der Waals surface area contributed by atoms with Crippen LogP contribution in [0, 0.1) is 5.92 Å². The van der Waals surface area contributed by atoms with Gasteiger partial charge in [0.05, 0.1) is 31.3 Å². The third-order valence-electron chi connectivity index (χ3n) is 5.80. The summed E-state index contributed by atoms with van der Waals surface area (Å²) in [6, 6.07) is 6.38. The summed E-state index contributed by atoms with van der Waals surface area (Å²) in [5, 5.41) is 0. The molecule has 0 aromatic heterocycles. The van der Waals surface area contributed by atoms with Crippen LogP contribution in [0.25, 0.3) is 0 Å². The number of allylic oxidation sites excluding steroid dienone is 1. The predicted octanol–water partition coefficient (Wildman–Crippen LogP) is 2.69. The first kappa shape index (κ1) is 22.1. The number of benzene rings is 1. The predicted molar refractivity (Wildman–Crippen MR) is 111 cm³/mol. The average Bonchev–Trinajstić information content (AvgIpc) is 2.82. The van der Waals surface area contributed by atoms with Crippen molar-refractivity contribution in [2.24, 2.45) is 5.92 Å². The van der Waals surface area contributed by atoms with Crippen LogP contribution in [-0.2, 0) is 23.7 Å². The number of ether oxygens (including phenoxy) is 5. The Balaban J connectivity index is 1.32. The minimum atomic E-state index is -0.413. The minimum absolute atomic E-state index is 0.124. The molecule has 2 aliphatic heterocycles. The highest BCUT2D eigenvalue weighted by molar-refractivity contribution is 5.96. The Bertz CT molecular complexity index is 874. The Hall–Kier alpha value is -3.07. The number of ketones is 1. The van der Waals surface area contributed by atoms with Gasteiger partial charge in [0, 0.05) is 19.5 Å². The SMILES string of the molecule is CCOC(=O)c1ccc(OC2=COC3CC(OC(=O)N4CCOCC4)CCC3C2=O)cc1. The van der Waals surface area contributed by atoms with Gasteiger partial charge in [0.2, 0.25) is 11.5 Å². The number of hydrogen-bond acceptors (Lipinski definition) is 8.